The Balaban J connectivity index is 1.37. The van der Waals surface area contributed by atoms with Gasteiger partial charge in [-0.15, -0.1) is 11.8 Å². The number of halogens is 1. The van der Waals surface area contributed by atoms with Gasteiger partial charge in [0.25, 0.3) is 0 Å². The monoisotopic (exact) mass is 463 g/mol. The van der Waals surface area contributed by atoms with Crippen LogP contribution >= 0.6 is 11.8 Å². The van der Waals surface area contributed by atoms with Crippen LogP contribution in [0.1, 0.15) is 28.8 Å². The standard InChI is InChI=1S/C21H22FN3O6S/c1-10-16(31-21(29)30-10)9-23-3-5-24(6-4-23)15-8-14-12(7-13(15)22)18(26)17(20(27)28)19-25(14)11(2)32-19/h7-8,11,17,19H,3-6,9H2,1-2H3,(H,27,28)/t11-,17-,19+/m0/s1. The molecule has 32 heavy (non-hydrogen) atoms. The lowest BCUT2D eigenvalue weighted by atomic mass is 9.89. The van der Waals surface area contributed by atoms with Gasteiger partial charge in [0.1, 0.15) is 17.5 Å². The topological polar surface area (TPSA) is 107 Å². The van der Waals surface area contributed by atoms with Gasteiger partial charge in [-0.25, -0.2) is 9.18 Å². The van der Waals surface area contributed by atoms with E-state index >= 15 is 4.39 Å². The largest absolute Gasteiger partial charge is 0.519 e. The molecule has 0 saturated carbocycles. The Bertz CT molecular complexity index is 1150. The van der Waals surface area contributed by atoms with E-state index in [1.54, 1.807) is 13.0 Å². The molecule has 0 bridgehead atoms. The van der Waals surface area contributed by atoms with Crippen LogP contribution in [0.4, 0.5) is 15.8 Å². The van der Waals surface area contributed by atoms with Gasteiger partial charge in [0.15, 0.2) is 11.5 Å². The predicted molar refractivity (Wildman–Crippen MR) is 115 cm³/mol. The number of rotatable bonds is 4. The van der Waals surface area contributed by atoms with E-state index < -0.39 is 34.7 Å². The first-order valence-corrected chi connectivity index (χ1v) is 11.3. The van der Waals surface area contributed by atoms with Crippen molar-refractivity contribution in [3.05, 3.63) is 45.7 Å². The van der Waals surface area contributed by atoms with Gasteiger partial charge in [-0.05, 0) is 26.0 Å². The zero-order chi connectivity index (χ0) is 22.7. The van der Waals surface area contributed by atoms with E-state index in [-0.39, 0.29) is 10.9 Å². The second kappa shape index (κ2) is 7.66. The van der Waals surface area contributed by atoms with Gasteiger partial charge >= 0.3 is 11.8 Å². The minimum absolute atomic E-state index is 0.0108. The van der Waals surface area contributed by atoms with Gasteiger partial charge in [-0.2, -0.15) is 0 Å². The van der Waals surface area contributed by atoms with E-state index in [9.17, 15) is 19.5 Å². The number of hydrogen-bond donors (Lipinski definition) is 1. The van der Waals surface area contributed by atoms with Crippen molar-refractivity contribution in [1.29, 1.82) is 0 Å². The molecule has 11 heteroatoms. The zero-order valence-corrected chi connectivity index (χ0v) is 18.4. The first kappa shape index (κ1) is 21.1. The van der Waals surface area contributed by atoms with Crippen LogP contribution in [-0.4, -0.2) is 58.7 Å². The Morgan fingerprint density at radius 3 is 2.50 bits per heavy atom. The summed E-state index contributed by atoms with van der Waals surface area (Å²) in [6.45, 7) is 6.42. The van der Waals surface area contributed by atoms with Crippen LogP contribution < -0.4 is 15.6 Å². The number of hydrogen-bond acceptors (Lipinski definition) is 9. The first-order chi connectivity index (χ1) is 15.2. The summed E-state index contributed by atoms with van der Waals surface area (Å²) < 4.78 is 25.0. The van der Waals surface area contributed by atoms with Crippen LogP contribution in [0.2, 0.25) is 0 Å². The lowest BCUT2D eigenvalue weighted by Gasteiger charge is -2.53. The van der Waals surface area contributed by atoms with Gasteiger partial charge in [0.05, 0.1) is 28.7 Å². The van der Waals surface area contributed by atoms with Gasteiger partial charge in [-0.3, -0.25) is 14.5 Å². The maximum atomic E-state index is 15.1. The number of carbonyl (C=O) groups excluding carboxylic acids is 1. The third-order valence-electron chi connectivity index (χ3n) is 6.36. The molecule has 2 aromatic rings. The molecule has 5 rings (SSSR count). The molecule has 1 aromatic heterocycles. The first-order valence-electron chi connectivity index (χ1n) is 10.4. The maximum Gasteiger partial charge on any atom is 0.519 e. The van der Waals surface area contributed by atoms with Crippen LogP contribution in [0.25, 0.3) is 0 Å². The molecular weight excluding hydrogens is 441 g/mol. The molecule has 1 N–H and O–H groups in total. The highest BCUT2D eigenvalue weighted by Crippen LogP contribution is 2.51. The Morgan fingerprint density at radius 1 is 1.19 bits per heavy atom. The molecule has 3 aliphatic rings. The third kappa shape index (κ3) is 3.30. The number of anilines is 2. The second-order valence-corrected chi connectivity index (χ2v) is 9.67. The molecule has 2 saturated heterocycles. The molecule has 170 valence electrons. The molecule has 9 nitrogen and oxygen atoms in total. The normalized spacial score (nSPS) is 25.3. The Labute approximate surface area is 186 Å². The third-order valence-corrected chi connectivity index (χ3v) is 7.76. The van der Waals surface area contributed by atoms with Crippen molar-refractivity contribution in [1.82, 2.24) is 4.90 Å². The highest BCUT2D eigenvalue weighted by molar-refractivity contribution is 8.02. The Kier molecular flexibility index (Phi) is 5.05. The number of nitrogens with zero attached hydrogens (tertiary/aromatic N) is 3. The van der Waals surface area contributed by atoms with Crippen molar-refractivity contribution in [3.8, 4) is 0 Å². The summed E-state index contributed by atoms with van der Waals surface area (Å²) in [5, 5.41) is 9.07. The summed E-state index contributed by atoms with van der Waals surface area (Å²) in [6.07, 6.45) is 0. The van der Waals surface area contributed by atoms with Gasteiger partial charge < -0.3 is 23.7 Å². The number of benzene rings is 1. The van der Waals surface area contributed by atoms with Crippen LogP contribution in [0, 0.1) is 18.7 Å². The van der Waals surface area contributed by atoms with Crippen LogP contribution in [0.5, 0.6) is 0 Å². The van der Waals surface area contributed by atoms with Crippen molar-refractivity contribution >= 4 is 34.9 Å². The van der Waals surface area contributed by atoms with E-state index in [1.807, 2.05) is 16.7 Å². The molecule has 0 radical (unpaired) electrons. The second-order valence-electron chi connectivity index (χ2n) is 8.23. The highest BCUT2D eigenvalue weighted by atomic mass is 32.2. The molecule has 0 amide bonds. The molecule has 3 aliphatic heterocycles. The number of carbonyl (C=O) groups is 2. The Morgan fingerprint density at radius 2 is 1.91 bits per heavy atom. The van der Waals surface area contributed by atoms with E-state index in [2.05, 4.69) is 4.90 Å². The molecule has 2 fully saturated rings. The SMILES string of the molecule is Cc1oc(=O)oc1CN1CCN(c2cc3c(cc2F)C(=O)[C@H](C(=O)O)[C@H]2S[C@@H](C)N32)CC1. The van der Waals surface area contributed by atoms with E-state index in [0.717, 1.165) is 0 Å². The fourth-order valence-corrected chi connectivity index (χ4v) is 6.06. The number of carboxylic acids is 1. The lowest BCUT2D eigenvalue weighted by molar-refractivity contribution is -0.140. The molecule has 0 unspecified atom stereocenters. The molecule has 1 aromatic carbocycles. The summed E-state index contributed by atoms with van der Waals surface area (Å²) in [6, 6.07) is 2.86. The van der Waals surface area contributed by atoms with Crippen LogP contribution in [-0.2, 0) is 11.3 Å². The average Bonchev–Trinajstić information content (AvgIpc) is 3.05. The number of fused-ring (bicyclic) bond motifs is 3. The minimum atomic E-state index is -1.19. The highest BCUT2D eigenvalue weighted by Gasteiger charge is 2.53. The van der Waals surface area contributed by atoms with Crippen molar-refractivity contribution in [2.45, 2.75) is 31.1 Å². The molecule has 0 spiro atoms. The summed E-state index contributed by atoms with van der Waals surface area (Å²) in [5.74, 6) is -3.22. The van der Waals surface area contributed by atoms with E-state index in [1.165, 1.54) is 17.8 Å². The van der Waals surface area contributed by atoms with Gasteiger partial charge in [-0.1, -0.05) is 0 Å². The lowest BCUT2D eigenvalue weighted by Crippen LogP contribution is -2.60. The molecule has 0 aliphatic carbocycles. The van der Waals surface area contributed by atoms with Crippen molar-refractivity contribution in [2.75, 3.05) is 36.0 Å². The minimum Gasteiger partial charge on any atom is -0.481 e. The van der Waals surface area contributed by atoms with Crippen molar-refractivity contribution in [3.63, 3.8) is 0 Å². The zero-order valence-electron chi connectivity index (χ0n) is 17.5. The number of piperazine rings is 1. The van der Waals surface area contributed by atoms with E-state index in [0.29, 0.717) is 55.6 Å². The van der Waals surface area contributed by atoms with Crippen molar-refractivity contribution in [2.24, 2.45) is 5.92 Å². The summed E-state index contributed by atoms with van der Waals surface area (Å²) >= 11 is 1.44. The molecular formula is C21H22FN3O6S. The van der Waals surface area contributed by atoms with Crippen molar-refractivity contribution < 1.29 is 27.9 Å². The number of aliphatic carboxylic acids is 1. The number of thioether (sulfide) groups is 1. The summed E-state index contributed by atoms with van der Waals surface area (Å²) in [4.78, 5) is 41.6. The van der Waals surface area contributed by atoms with Gasteiger partial charge in [0, 0.05) is 31.7 Å². The molecule has 3 atom stereocenters. The predicted octanol–water partition coefficient (Wildman–Crippen LogP) is 2.12. The maximum absolute atomic E-state index is 15.1. The number of ketones is 1. The summed E-state index contributed by atoms with van der Waals surface area (Å²) in [5.41, 5.74) is 1.13. The summed E-state index contributed by atoms with van der Waals surface area (Å²) in [7, 11) is 0. The van der Waals surface area contributed by atoms with Crippen LogP contribution in [0.3, 0.4) is 0 Å². The average molecular weight is 463 g/mol. The van der Waals surface area contributed by atoms with Crippen LogP contribution in [0.15, 0.2) is 25.8 Å². The number of Topliss-reactive ketones (excluding diaryl/α,β-unsaturated/α-hetero) is 1. The quantitative estimate of drug-likeness (QED) is 0.678. The number of aryl methyl sites for hydroxylation is 1. The van der Waals surface area contributed by atoms with Gasteiger partial charge in [0.2, 0.25) is 0 Å². The van der Waals surface area contributed by atoms with E-state index in [4.69, 9.17) is 8.83 Å². The Hall–Kier alpha value is -2.79. The molecule has 4 heterocycles. The fraction of sp³-hybridized carbons (Fsp3) is 0.476. The number of carboxylic acid groups (broad SMARTS) is 1. The smallest absolute Gasteiger partial charge is 0.481 e. The fourth-order valence-electron chi connectivity index (χ4n) is 4.65.